The van der Waals surface area contributed by atoms with Crippen LogP contribution in [-0.4, -0.2) is 36.3 Å². The molecule has 1 saturated heterocycles. The third-order valence-electron chi connectivity index (χ3n) is 4.52. The Morgan fingerprint density at radius 2 is 1.72 bits per heavy atom. The smallest absolute Gasteiger partial charge is 0.223 e. The molecule has 4 nitrogen and oxygen atoms in total. The first-order valence-electron chi connectivity index (χ1n) is 8.48. The molecule has 1 N–H and O–H groups in total. The predicted molar refractivity (Wildman–Crippen MR) is 98.6 cm³/mol. The van der Waals surface area contributed by atoms with Crippen molar-refractivity contribution in [3.05, 3.63) is 70.7 Å². The van der Waals surface area contributed by atoms with Gasteiger partial charge < -0.3 is 10.2 Å². The molecule has 0 bridgehead atoms. The Bertz CT molecular complexity index is 731. The first-order valence-corrected chi connectivity index (χ1v) is 8.86. The van der Waals surface area contributed by atoms with Crippen molar-refractivity contribution in [1.29, 1.82) is 0 Å². The lowest BCUT2D eigenvalue weighted by molar-refractivity contribution is -0.131. The second-order valence-electron chi connectivity index (χ2n) is 6.20. The highest BCUT2D eigenvalue weighted by Gasteiger charge is 2.23. The van der Waals surface area contributed by atoms with Gasteiger partial charge in [0.2, 0.25) is 11.8 Å². The second-order valence-corrected chi connectivity index (χ2v) is 6.64. The van der Waals surface area contributed by atoms with Gasteiger partial charge in [0.15, 0.2) is 0 Å². The first kappa shape index (κ1) is 17.5. The molecule has 3 rings (SSSR count). The van der Waals surface area contributed by atoms with Gasteiger partial charge in [-0.05, 0) is 23.3 Å². The van der Waals surface area contributed by atoms with E-state index in [1.165, 1.54) is 0 Å². The second kappa shape index (κ2) is 8.17. The summed E-state index contributed by atoms with van der Waals surface area (Å²) in [6, 6.07) is 17.7. The first-order chi connectivity index (χ1) is 12.1. The zero-order valence-corrected chi connectivity index (χ0v) is 14.7. The van der Waals surface area contributed by atoms with E-state index >= 15 is 0 Å². The molecule has 0 aromatic heterocycles. The Hall–Kier alpha value is -2.33. The van der Waals surface area contributed by atoms with Crippen LogP contribution in [0.1, 0.15) is 29.9 Å². The Balaban J connectivity index is 1.81. The summed E-state index contributed by atoms with van der Waals surface area (Å²) in [5.74, 6) is 0.0470. The molecule has 2 aromatic rings. The molecular weight excluding hydrogens is 336 g/mol. The highest BCUT2D eigenvalue weighted by atomic mass is 35.5. The lowest BCUT2D eigenvalue weighted by Gasteiger charge is -2.24. The van der Waals surface area contributed by atoms with Crippen LogP contribution < -0.4 is 5.32 Å². The van der Waals surface area contributed by atoms with E-state index in [2.05, 4.69) is 5.32 Å². The molecule has 1 unspecified atom stereocenters. The predicted octanol–water partition coefficient (Wildman–Crippen LogP) is 3.21. The number of halogens is 1. The third kappa shape index (κ3) is 4.60. The molecule has 25 heavy (non-hydrogen) atoms. The maximum absolute atomic E-state index is 12.8. The minimum atomic E-state index is -0.0297. The zero-order chi connectivity index (χ0) is 17.6. The molecule has 0 saturated carbocycles. The van der Waals surface area contributed by atoms with Crippen LogP contribution in [0.25, 0.3) is 0 Å². The van der Waals surface area contributed by atoms with Crippen LogP contribution in [0.5, 0.6) is 0 Å². The van der Waals surface area contributed by atoms with Crippen molar-refractivity contribution in [1.82, 2.24) is 10.2 Å². The average Bonchev–Trinajstić information content (AvgIpc) is 2.86. The molecule has 1 fully saturated rings. The number of nitrogens with one attached hydrogen (secondary N) is 1. The van der Waals surface area contributed by atoms with Crippen molar-refractivity contribution in [2.75, 3.05) is 19.6 Å². The van der Waals surface area contributed by atoms with Crippen molar-refractivity contribution >= 4 is 23.4 Å². The number of nitrogens with zero attached hydrogens (tertiary/aromatic N) is 1. The Labute approximate surface area is 152 Å². The molecule has 130 valence electrons. The maximum Gasteiger partial charge on any atom is 0.223 e. The van der Waals surface area contributed by atoms with E-state index in [4.69, 9.17) is 11.6 Å². The van der Waals surface area contributed by atoms with Gasteiger partial charge in [-0.1, -0.05) is 54.1 Å². The summed E-state index contributed by atoms with van der Waals surface area (Å²) in [5.41, 5.74) is 2.16. The summed E-state index contributed by atoms with van der Waals surface area (Å²) in [5, 5.41) is 3.48. The van der Waals surface area contributed by atoms with Crippen molar-refractivity contribution in [2.45, 2.75) is 18.8 Å². The molecule has 2 amide bonds. The molecule has 1 aliphatic rings. The van der Waals surface area contributed by atoms with Crippen molar-refractivity contribution in [2.24, 2.45) is 0 Å². The fraction of sp³-hybridized carbons (Fsp3) is 0.300. The number of rotatable bonds is 4. The van der Waals surface area contributed by atoms with E-state index in [0.717, 1.165) is 11.1 Å². The van der Waals surface area contributed by atoms with Gasteiger partial charge in [-0.15, -0.1) is 0 Å². The molecule has 1 atom stereocenters. The summed E-state index contributed by atoms with van der Waals surface area (Å²) in [6.45, 7) is 1.56. The molecular formula is C20H21ClN2O2. The SMILES string of the molecule is O=C1CCN(C(=O)CC(c2ccccc2)c2ccc(Cl)cc2)CCN1. The summed E-state index contributed by atoms with van der Waals surface area (Å²) in [4.78, 5) is 26.1. The number of benzene rings is 2. The Morgan fingerprint density at radius 1 is 1.04 bits per heavy atom. The third-order valence-corrected chi connectivity index (χ3v) is 4.77. The van der Waals surface area contributed by atoms with Gasteiger partial charge in [0.1, 0.15) is 0 Å². The normalized spacial score (nSPS) is 16.0. The van der Waals surface area contributed by atoms with E-state index in [0.29, 0.717) is 37.5 Å². The molecule has 5 heteroatoms. The standard InChI is InChI=1S/C20H21ClN2O2/c21-17-8-6-16(7-9-17)18(15-4-2-1-3-5-15)14-20(25)23-12-10-19(24)22-11-13-23/h1-9,18H,10-14H2,(H,22,24). The molecule has 1 heterocycles. The van der Waals surface area contributed by atoms with Crippen LogP contribution in [0.3, 0.4) is 0 Å². The summed E-state index contributed by atoms with van der Waals surface area (Å²) < 4.78 is 0. The minimum Gasteiger partial charge on any atom is -0.354 e. The van der Waals surface area contributed by atoms with Crippen LogP contribution >= 0.6 is 11.6 Å². The number of amides is 2. The summed E-state index contributed by atoms with van der Waals surface area (Å²) in [7, 11) is 0. The largest absolute Gasteiger partial charge is 0.354 e. The van der Waals surface area contributed by atoms with Crippen LogP contribution in [0.4, 0.5) is 0 Å². The van der Waals surface area contributed by atoms with E-state index in [-0.39, 0.29) is 17.7 Å². The van der Waals surface area contributed by atoms with E-state index in [1.807, 2.05) is 54.6 Å². The summed E-state index contributed by atoms with van der Waals surface area (Å²) in [6.07, 6.45) is 0.739. The molecule has 2 aromatic carbocycles. The Kier molecular flexibility index (Phi) is 5.71. The van der Waals surface area contributed by atoms with Crippen LogP contribution in [0.15, 0.2) is 54.6 Å². The van der Waals surface area contributed by atoms with Crippen molar-refractivity contribution < 1.29 is 9.59 Å². The fourth-order valence-electron chi connectivity index (χ4n) is 3.13. The molecule has 0 radical (unpaired) electrons. The minimum absolute atomic E-state index is 0.00705. The average molecular weight is 357 g/mol. The van der Waals surface area contributed by atoms with Gasteiger partial charge >= 0.3 is 0 Å². The number of carbonyl (C=O) groups excluding carboxylic acids is 2. The van der Waals surface area contributed by atoms with Crippen molar-refractivity contribution in [3.63, 3.8) is 0 Å². The lowest BCUT2D eigenvalue weighted by Crippen LogP contribution is -2.35. The van der Waals surface area contributed by atoms with Crippen LogP contribution in [0.2, 0.25) is 5.02 Å². The van der Waals surface area contributed by atoms with Gasteiger partial charge in [-0.2, -0.15) is 0 Å². The zero-order valence-electron chi connectivity index (χ0n) is 14.0. The molecule has 0 aliphatic carbocycles. The van der Waals surface area contributed by atoms with Gasteiger partial charge in [0.05, 0.1) is 0 Å². The van der Waals surface area contributed by atoms with Crippen LogP contribution in [0, 0.1) is 0 Å². The van der Waals surface area contributed by atoms with E-state index in [9.17, 15) is 9.59 Å². The highest BCUT2D eigenvalue weighted by molar-refractivity contribution is 6.30. The van der Waals surface area contributed by atoms with Crippen LogP contribution in [-0.2, 0) is 9.59 Å². The molecule has 1 aliphatic heterocycles. The number of carbonyl (C=O) groups is 2. The monoisotopic (exact) mass is 356 g/mol. The van der Waals surface area contributed by atoms with Gasteiger partial charge in [0.25, 0.3) is 0 Å². The summed E-state index contributed by atoms with van der Waals surface area (Å²) >= 11 is 6.01. The van der Waals surface area contributed by atoms with Gasteiger partial charge in [-0.3, -0.25) is 9.59 Å². The number of hydrogen-bond donors (Lipinski definition) is 1. The maximum atomic E-state index is 12.8. The quantitative estimate of drug-likeness (QED) is 0.914. The number of hydrogen-bond acceptors (Lipinski definition) is 2. The van der Waals surface area contributed by atoms with E-state index in [1.54, 1.807) is 4.90 Å². The molecule has 0 spiro atoms. The van der Waals surface area contributed by atoms with Gasteiger partial charge in [0, 0.05) is 43.4 Å². The Morgan fingerprint density at radius 3 is 2.44 bits per heavy atom. The fourth-order valence-corrected chi connectivity index (χ4v) is 3.25. The van der Waals surface area contributed by atoms with E-state index < -0.39 is 0 Å². The highest BCUT2D eigenvalue weighted by Crippen LogP contribution is 2.29. The topological polar surface area (TPSA) is 49.4 Å². The lowest BCUT2D eigenvalue weighted by atomic mass is 9.88. The van der Waals surface area contributed by atoms with Gasteiger partial charge in [-0.25, -0.2) is 0 Å². The van der Waals surface area contributed by atoms with Crippen molar-refractivity contribution in [3.8, 4) is 0 Å².